The number of methoxy groups -OCH3 is 1. The highest BCUT2D eigenvalue weighted by Gasteiger charge is 2.28. The van der Waals surface area contributed by atoms with Crippen molar-refractivity contribution in [3.05, 3.63) is 48.0 Å². The van der Waals surface area contributed by atoms with Crippen LogP contribution >= 0.6 is 0 Å². The Morgan fingerprint density at radius 2 is 2.05 bits per heavy atom. The first-order chi connectivity index (χ1) is 10.2. The van der Waals surface area contributed by atoms with E-state index in [4.69, 9.17) is 14.6 Å². The third-order valence-corrected chi connectivity index (χ3v) is 3.67. The standard InChI is InChI=1S/C17H16O4/c1-20-14-7-4-8-15-17(14)12-6-3-2-5-11(12)13(21-15)9-10-16(18)19/h2-8,13H,9-10H2,1H3,(H,18,19). The first kappa shape index (κ1) is 13.5. The summed E-state index contributed by atoms with van der Waals surface area (Å²) in [5.74, 6) is 0.688. The summed E-state index contributed by atoms with van der Waals surface area (Å²) in [4.78, 5) is 10.8. The number of benzene rings is 2. The van der Waals surface area contributed by atoms with Crippen molar-refractivity contribution < 1.29 is 19.4 Å². The van der Waals surface area contributed by atoms with Gasteiger partial charge in [0, 0.05) is 12.0 Å². The quantitative estimate of drug-likeness (QED) is 0.930. The molecule has 0 bridgehead atoms. The minimum Gasteiger partial charge on any atom is -0.496 e. The molecule has 2 aromatic rings. The third-order valence-electron chi connectivity index (χ3n) is 3.67. The highest BCUT2D eigenvalue weighted by atomic mass is 16.5. The van der Waals surface area contributed by atoms with Crippen LogP contribution in [0.3, 0.4) is 0 Å². The molecule has 1 aliphatic rings. The number of hydrogen-bond donors (Lipinski definition) is 1. The molecule has 0 saturated heterocycles. The Balaban J connectivity index is 2.07. The van der Waals surface area contributed by atoms with Crippen LogP contribution in [0.5, 0.6) is 11.5 Å². The third kappa shape index (κ3) is 2.44. The van der Waals surface area contributed by atoms with E-state index in [9.17, 15) is 4.79 Å². The molecule has 0 amide bonds. The Morgan fingerprint density at radius 3 is 2.81 bits per heavy atom. The van der Waals surface area contributed by atoms with E-state index in [2.05, 4.69) is 0 Å². The van der Waals surface area contributed by atoms with E-state index in [1.807, 2.05) is 42.5 Å². The van der Waals surface area contributed by atoms with Crippen LogP contribution in [0.2, 0.25) is 0 Å². The molecule has 1 atom stereocenters. The van der Waals surface area contributed by atoms with Crippen molar-refractivity contribution in [2.75, 3.05) is 7.11 Å². The minimum absolute atomic E-state index is 0.0816. The fraction of sp³-hybridized carbons (Fsp3) is 0.235. The van der Waals surface area contributed by atoms with Crippen molar-refractivity contribution in [3.63, 3.8) is 0 Å². The number of carboxylic acids is 1. The summed E-state index contributed by atoms with van der Waals surface area (Å²) in [6.07, 6.45) is 0.290. The van der Waals surface area contributed by atoms with Crippen LogP contribution in [-0.4, -0.2) is 18.2 Å². The highest BCUT2D eigenvalue weighted by molar-refractivity contribution is 5.81. The van der Waals surface area contributed by atoms with Gasteiger partial charge in [0.15, 0.2) is 0 Å². The van der Waals surface area contributed by atoms with Crippen LogP contribution in [0.15, 0.2) is 42.5 Å². The highest BCUT2D eigenvalue weighted by Crippen LogP contribution is 2.47. The van der Waals surface area contributed by atoms with E-state index < -0.39 is 5.97 Å². The molecule has 0 spiro atoms. The van der Waals surface area contributed by atoms with E-state index in [-0.39, 0.29) is 12.5 Å². The van der Waals surface area contributed by atoms with Gasteiger partial charge in [-0.2, -0.15) is 0 Å². The predicted molar refractivity (Wildman–Crippen MR) is 78.7 cm³/mol. The van der Waals surface area contributed by atoms with Crippen molar-refractivity contribution in [3.8, 4) is 22.6 Å². The van der Waals surface area contributed by atoms with Gasteiger partial charge >= 0.3 is 5.97 Å². The fourth-order valence-corrected chi connectivity index (χ4v) is 2.74. The van der Waals surface area contributed by atoms with Gasteiger partial charge in [0.25, 0.3) is 0 Å². The lowest BCUT2D eigenvalue weighted by atomic mass is 9.90. The average Bonchev–Trinajstić information content (AvgIpc) is 2.51. The average molecular weight is 284 g/mol. The van der Waals surface area contributed by atoms with Crippen LogP contribution in [0.4, 0.5) is 0 Å². The van der Waals surface area contributed by atoms with Gasteiger partial charge < -0.3 is 14.6 Å². The largest absolute Gasteiger partial charge is 0.496 e. The topological polar surface area (TPSA) is 55.8 Å². The van der Waals surface area contributed by atoms with E-state index in [0.29, 0.717) is 6.42 Å². The van der Waals surface area contributed by atoms with Gasteiger partial charge in [-0.3, -0.25) is 4.79 Å². The molecule has 108 valence electrons. The van der Waals surface area contributed by atoms with Crippen molar-refractivity contribution >= 4 is 5.97 Å². The summed E-state index contributed by atoms with van der Waals surface area (Å²) in [5, 5.41) is 8.89. The zero-order valence-electron chi connectivity index (χ0n) is 11.7. The Bertz CT molecular complexity index is 678. The molecule has 0 fully saturated rings. The van der Waals surface area contributed by atoms with Crippen molar-refractivity contribution in [1.82, 2.24) is 0 Å². The molecule has 0 aliphatic carbocycles. The maximum absolute atomic E-state index is 10.8. The molecule has 3 rings (SSSR count). The van der Waals surface area contributed by atoms with Crippen molar-refractivity contribution in [2.24, 2.45) is 0 Å². The van der Waals surface area contributed by atoms with Crippen LogP contribution in [0.25, 0.3) is 11.1 Å². The first-order valence-electron chi connectivity index (χ1n) is 6.85. The Morgan fingerprint density at radius 1 is 1.24 bits per heavy atom. The molecule has 21 heavy (non-hydrogen) atoms. The van der Waals surface area contributed by atoms with Crippen molar-refractivity contribution in [2.45, 2.75) is 18.9 Å². The zero-order valence-corrected chi connectivity index (χ0v) is 11.7. The second-order valence-corrected chi connectivity index (χ2v) is 4.96. The smallest absolute Gasteiger partial charge is 0.303 e. The molecule has 4 heteroatoms. The Hall–Kier alpha value is -2.49. The second kappa shape index (κ2) is 5.48. The lowest BCUT2D eigenvalue weighted by Crippen LogP contribution is -2.15. The number of hydrogen-bond acceptors (Lipinski definition) is 3. The van der Waals surface area contributed by atoms with Crippen molar-refractivity contribution in [1.29, 1.82) is 0 Å². The zero-order chi connectivity index (χ0) is 14.8. The fourth-order valence-electron chi connectivity index (χ4n) is 2.74. The number of rotatable bonds is 4. The maximum Gasteiger partial charge on any atom is 0.303 e. The lowest BCUT2D eigenvalue weighted by molar-refractivity contribution is -0.137. The summed E-state index contributed by atoms with van der Waals surface area (Å²) in [7, 11) is 1.63. The predicted octanol–water partition coefficient (Wildman–Crippen LogP) is 3.66. The minimum atomic E-state index is -0.812. The molecule has 1 heterocycles. The Labute approximate surface area is 122 Å². The molecular formula is C17H16O4. The number of aliphatic carboxylic acids is 1. The summed E-state index contributed by atoms with van der Waals surface area (Å²) < 4.78 is 11.4. The molecule has 1 unspecified atom stereocenters. The molecule has 0 radical (unpaired) electrons. The molecular weight excluding hydrogens is 268 g/mol. The second-order valence-electron chi connectivity index (χ2n) is 4.96. The molecule has 1 N–H and O–H groups in total. The summed E-state index contributed by atoms with van der Waals surface area (Å²) >= 11 is 0. The maximum atomic E-state index is 10.8. The number of carboxylic acid groups (broad SMARTS) is 1. The van der Waals surface area contributed by atoms with Gasteiger partial charge in [0.05, 0.1) is 12.7 Å². The monoisotopic (exact) mass is 284 g/mol. The normalized spacial score (nSPS) is 15.6. The van der Waals surface area contributed by atoms with E-state index in [0.717, 1.165) is 28.2 Å². The van der Waals surface area contributed by atoms with Crippen LogP contribution in [-0.2, 0) is 4.79 Å². The van der Waals surface area contributed by atoms with Gasteiger partial charge in [0.2, 0.25) is 0 Å². The SMILES string of the molecule is COc1cccc2c1-c1ccccc1C(CCC(=O)O)O2. The van der Waals surface area contributed by atoms with Gasteiger partial charge in [0.1, 0.15) is 17.6 Å². The molecule has 0 saturated carbocycles. The molecule has 4 nitrogen and oxygen atoms in total. The Kier molecular flexibility index (Phi) is 3.52. The van der Waals surface area contributed by atoms with Gasteiger partial charge in [-0.05, 0) is 24.1 Å². The van der Waals surface area contributed by atoms with E-state index in [1.165, 1.54) is 0 Å². The number of carbonyl (C=O) groups is 1. The van der Waals surface area contributed by atoms with E-state index in [1.54, 1.807) is 7.11 Å². The lowest BCUT2D eigenvalue weighted by Gasteiger charge is -2.29. The molecule has 0 aromatic heterocycles. The van der Waals surface area contributed by atoms with Gasteiger partial charge in [-0.15, -0.1) is 0 Å². The van der Waals surface area contributed by atoms with Crippen LogP contribution < -0.4 is 9.47 Å². The summed E-state index contributed by atoms with van der Waals surface area (Å²) in [6, 6.07) is 13.6. The van der Waals surface area contributed by atoms with Crippen LogP contribution in [0.1, 0.15) is 24.5 Å². The van der Waals surface area contributed by atoms with Gasteiger partial charge in [-0.25, -0.2) is 0 Å². The summed E-state index contributed by atoms with van der Waals surface area (Å²) in [5.41, 5.74) is 2.99. The van der Waals surface area contributed by atoms with Gasteiger partial charge in [-0.1, -0.05) is 30.3 Å². The van der Waals surface area contributed by atoms with E-state index >= 15 is 0 Å². The molecule has 1 aliphatic heterocycles. The summed E-state index contributed by atoms with van der Waals surface area (Å²) in [6.45, 7) is 0. The molecule has 2 aromatic carbocycles. The number of ether oxygens (including phenoxy) is 2. The van der Waals surface area contributed by atoms with Crippen LogP contribution in [0, 0.1) is 0 Å². The number of fused-ring (bicyclic) bond motifs is 3. The first-order valence-corrected chi connectivity index (χ1v) is 6.85.